The first-order valence-corrected chi connectivity index (χ1v) is 8.36. The van der Waals surface area contributed by atoms with E-state index in [9.17, 15) is 0 Å². The molecular formula is C19H31NO. The minimum atomic E-state index is 0.274. The Hall–Kier alpha value is -0.860. The summed E-state index contributed by atoms with van der Waals surface area (Å²) in [6, 6.07) is 4.95. The van der Waals surface area contributed by atoms with Gasteiger partial charge in [-0.1, -0.05) is 31.4 Å². The lowest BCUT2D eigenvalue weighted by Crippen LogP contribution is -2.38. The molecule has 0 aromatic heterocycles. The Balaban J connectivity index is 2.30. The molecule has 1 fully saturated rings. The van der Waals surface area contributed by atoms with Crippen molar-refractivity contribution in [2.45, 2.75) is 65.0 Å². The number of benzene rings is 1. The highest BCUT2D eigenvalue weighted by Crippen LogP contribution is 2.35. The van der Waals surface area contributed by atoms with Crippen LogP contribution in [-0.2, 0) is 4.74 Å². The van der Waals surface area contributed by atoms with E-state index >= 15 is 0 Å². The van der Waals surface area contributed by atoms with Crippen LogP contribution in [-0.4, -0.2) is 20.3 Å². The molecule has 0 radical (unpaired) electrons. The van der Waals surface area contributed by atoms with Gasteiger partial charge in [0.2, 0.25) is 0 Å². The topological polar surface area (TPSA) is 21.3 Å². The van der Waals surface area contributed by atoms with Crippen LogP contribution in [0.3, 0.4) is 0 Å². The van der Waals surface area contributed by atoms with Gasteiger partial charge in [-0.25, -0.2) is 0 Å². The highest BCUT2D eigenvalue weighted by atomic mass is 16.5. The molecule has 21 heavy (non-hydrogen) atoms. The van der Waals surface area contributed by atoms with Gasteiger partial charge in [-0.05, 0) is 68.8 Å². The molecular weight excluding hydrogens is 258 g/mol. The number of likely N-dealkylation sites (N-methyl/N-ethyl adjacent to an activating group) is 1. The maximum Gasteiger partial charge on any atom is 0.0794 e. The van der Waals surface area contributed by atoms with E-state index in [-0.39, 0.29) is 12.1 Å². The largest absolute Gasteiger partial charge is 0.379 e. The van der Waals surface area contributed by atoms with Crippen LogP contribution in [0.1, 0.15) is 60.4 Å². The molecule has 0 bridgehead atoms. The Morgan fingerprint density at radius 2 is 1.62 bits per heavy atom. The molecule has 1 aliphatic carbocycles. The summed E-state index contributed by atoms with van der Waals surface area (Å²) in [6.45, 7) is 6.61. The van der Waals surface area contributed by atoms with Crippen LogP contribution in [0.4, 0.5) is 0 Å². The molecule has 0 saturated heterocycles. The van der Waals surface area contributed by atoms with E-state index in [0.29, 0.717) is 5.92 Å². The predicted octanol–water partition coefficient (Wildman–Crippen LogP) is 4.47. The van der Waals surface area contributed by atoms with Crippen molar-refractivity contribution in [3.05, 3.63) is 34.4 Å². The average Bonchev–Trinajstić information content (AvgIpc) is 2.50. The highest BCUT2D eigenvalue weighted by Gasteiger charge is 2.31. The van der Waals surface area contributed by atoms with Gasteiger partial charge in [-0.3, -0.25) is 0 Å². The molecule has 0 aliphatic heterocycles. The van der Waals surface area contributed by atoms with Gasteiger partial charge in [-0.15, -0.1) is 0 Å². The number of hydrogen-bond acceptors (Lipinski definition) is 2. The minimum absolute atomic E-state index is 0.274. The summed E-state index contributed by atoms with van der Waals surface area (Å²) in [4.78, 5) is 0. The second-order valence-corrected chi connectivity index (χ2v) is 6.66. The molecule has 2 unspecified atom stereocenters. The minimum Gasteiger partial charge on any atom is -0.379 e. The normalized spacial score (nSPS) is 19.5. The third-order valence-corrected chi connectivity index (χ3v) is 5.24. The molecule has 1 aromatic carbocycles. The number of ether oxygens (including phenoxy) is 1. The fourth-order valence-corrected chi connectivity index (χ4v) is 3.88. The molecule has 0 spiro atoms. The Morgan fingerprint density at radius 3 is 2.19 bits per heavy atom. The molecule has 2 nitrogen and oxygen atoms in total. The molecule has 2 heteroatoms. The lowest BCUT2D eigenvalue weighted by molar-refractivity contribution is 0.00925. The standard InChI is InChI=1S/C19H31NO/c1-13-11-15(3)17(12-14(13)2)18(20-4)19(21-5)16-9-7-6-8-10-16/h11-12,16,18-20H,6-10H2,1-5H3. The Morgan fingerprint density at radius 1 is 1.00 bits per heavy atom. The number of hydrogen-bond donors (Lipinski definition) is 1. The Kier molecular flexibility index (Phi) is 5.83. The van der Waals surface area contributed by atoms with E-state index in [1.165, 1.54) is 54.4 Å². The van der Waals surface area contributed by atoms with Crippen LogP contribution in [0.15, 0.2) is 12.1 Å². The lowest BCUT2D eigenvalue weighted by Gasteiger charge is -2.36. The van der Waals surface area contributed by atoms with E-state index < -0.39 is 0 Å². The Bertz CT molecular complexity index is 463. The van der Waals surface area contributed by atoms with Crippen molar-refractivity contribution in [3.63, 3.8) is 0 Å². The van der Waals surface area contributed by atoms with Gasteiger partial charge in [0, 0.05) is 7.11 Å². The predicted molar refractivity (Wildman–Crippen MR) is 89.8 cm³/mol. The molecule has 2 atom stereocenters. The SMILES string of the molecule is CNC(c1cc(C)c(C)cc1C)C(OC)C1CCCCC1. The molecule has 0 heterocycles. The van der Waals surface area contributed by atoms with E-state index in [1.807, 2.05) is 7.11 Å². The van der Waals surface area contributed by atoms with Gasteiger partial charge in [0.05, 0.1) is 12.1 Å². The average molecular weight is 289 g/mol. The summed E-state index contributed by atoms with van der Waals surface area (Å²) in [5.41, 5.74) is 5.51. The van der Waals surface area contributed by atoms with Crippen LogP contribution < -0.4 is 5.32 Å². The van der Waals surface area contributed by atoms with Crippen LogP contribution in [0.25, 0.3) is 0 Å². The smallest absolute Gasteiger partial charge is 0.0794 e. The van der Waals surface area contributed by atoms with Crippen molar-refractivity contribution in [1.82, 2.24) is 5.32 Å². The quantitative estimate of drug-likeness (QED) is 0.863. The van der Waals surface area contributed by atoms with Gasteiger partial charge in [0.1, 0.15) is 0 Å². The lowest BCUT2D eigenvalue weighted by atomic mass is 9.80. The fraction of sp³-hybridized carbons (Fsp3) is 0.684. The maximum absolute atomic E-state index is 5.96. The first kappa shape index (κ1) is 16.5. The third kappa shape index (κ3) is 3.67. The number of nitrogens with one attached hydrogen (secondary N) is 1. The Labute approximate surface area is 130 Å². The van der Waals surface area contributed by atoms with Crippen molar-refractivity contribution in [3.8, 4) is 0 Å². The summed E-state index contributed by atoms with van der Waals surface area (Å²) in [5, 5.41) is 3.53. The monoisotopic (exact) mass is 289 g/mol. The van der Waals surface area contributed by atoms with Crippen LogP contribution in [0.2, 0.25) is 0 Å². The van der Waals surface area contributed by atoms with Crippen molar-refractivity contribution in [1.29, 1.82) is 0 Å². The zero-order valence-electron chi connectivity index (χ0n) is 14.3. The molecule has 0 amide bonds. The summed E-state index contributed by atoms with van der Waals surface area (Å²) in [7, 11) is 3.94. The fourth-order valence-electron chi connectivity index (χ4n) is 3.88. The van der Waals surface area contributed by atoms with Crippen molar-refractivity contribution >= 4 is 0 Å². The van der Waals surface area contributed by atoms with Crippen molar-refractivity contribution < 1.29 is 4.74 Å². The summed E-state index contributed by atoms with van der Waals surface area (Å²) < 4.78 is 5.96. The first-order valence-electron chi connectivity index (χ1n) is 8.36. The van der Waals surface area contributed by atoms with Gasteiger partial charge in [-0.2, -0.15) is 0 Å². The van der Waals surface area contributed by atoms with Crippen LogP contribution >= 0.6 is 0 Å². The van der Waals surface area contributed by atoms with Gasteiger partial charge in [0.25, 0.3) is 0 Å². The number of rotatable bonds is 5. The van der Waals surface area contributed by atoms with Crippen molar-refractivity contribution in [2.24, 2.45) is 5.92 Å². The highest BCUT2D eigenvalue weighted by molar-refractivity contribution is 5.38. The van der Waals surface area contributed by atoms with Gasteiger partial charge < -0.3 is 10.1 Å². The zero-order valence-corrected chi connectivity index (χ0v) is 14.3. The molecule has 1 saturated carbocycles. The summed E-state index contributed by atoms with van der Waals surface area (Å²) in [5.74, 6) is 0.683. The van der Waals surface area contributed by atoms with Gasteiger partial charge in [0.15, 0.2) is 0 Å². The van der Waals surface area contributed by atoms with E-state index in [1.54, 1.807) is 0 Å². The molecule has 118 valence electrons. The maximum atomic E-state index is 5.96. The van der Waals surface area contributed by atoms with Crippen LogP contribution in [0.5, 0.6) is 0 Å². The third-order valence-electron chi connectivity index (χ3n) is 5.24. The summed E-state index contributed by atoms with van der Waals surface area (Å²) in [6.07, 6.45) is 6.98. The van der Waals surface area contributed by atoms with E-state index in [0.717, 1.165) is 0 Å². The number of methoxy groups -OCH3 is 1. The van der Waals surface area contributed by atoms with Gasteiger partial charge >= 0.3 is 0 Å². The molecule has 1 aromatic rings. The first-order chi connectivity index (χ1) is 10.1. The van der Waals surface area contributed by atoms with E-state index in [4.69, 9.17) is 4.74 Å². The second kappa shape index (κ2) is 7.42. The van der Waals surface area contributed by atoms with Crippen LogP contribution in [0, 0.1) is 26.7 Å². The van der Waals surface area contributed by atoms with E-state index in [2.05, 4.69) is 45.3 Å². The molecule has 2 rings (SSSR count). The zero-order chi connectivity index (χ0) is 15.4. The molecule has 1 N–H and O–H groups in total. The molecule has 1 aliphatic rings. The van der Waals surface area contributed by atoms with Crippen molar-refractivity contribution in [2.75, 3.05) is 14.2 Å². The second-order valence-electron chi connectivity index (χ2n) is 6.66. The number of aryl methyl sites for hydroxylation is 3. The summed E-state index contributed by atoms with van der Waals surface area (Å²) >= 11 is 0.